The van der Waals surface area contributed by atoms with Gasteiger partial charge in [-0.25, -0.2) is 9.97 Å². The first-order valence-electron chi connectivity index (χ1n) is 22.7. The second-order valence-corrected chi connectivity index (χ2v) is 20.3. The standard InChI is InChI=1S/C20H21BCl2O2.2C18H18N2S/c1-19(2)20(3,4)25-21(24-19)16-9-7-14(8-10-16)5-6-15-11-17(22)13-18(23)12-15;2*1-3-4-16-11-15(9-10-19-16)18-20-17(12-21-18)14-7-5-13(2)6-8-14/h5-13H,1-4H3;2*5-12H,3-4H2,1-2H3/b6-5+;;. The van der Waals surface area contributed by atoms with Crippen molar-refractivity contribution in [1.82, 2.24) is 19.9 Å². The molecule has 0 radical (unpaired) electrons. The van der Waals surface area contributed by atoms with Crippen LogP contribution in [0.1, 0.15) is 88.0 Å². The van der Waals surface area contributed by atoms with Crippen LogP contribution in [0, 0.1) is 13.8 Å². The van der Waals surface area contributed by atoms with Gasteiger partial charge in [0.25, 0.3) is 0 Å². The van der Waals surface area contributed by atoms with Gasteiger partial charge in [-0.1, -0.05) is 146 Å². The molecule has 1 fully saturated rings. The molecule has 0 bridgehead atoms. The molecule has 0 amide bonds. The number of benzene rings is 4. The third-order valence-electron chi connectivity index (χ3n) is 11.7. The molecule has 1 aliphatic heterocycles. The zero-order valence-corrected chi connectivity index (χ0v) is 42.7. The van der Waals surface area contributed by atoms with E-state index in [1.165, 1.54) is 22.3 Å². The lowest BCUT2D eigenvalue weighted by Gasteiger charge is -2.32. The third-order valence-corrected chi connectivity index (χ3v) is 13.9. The molecule has 0 atom stereocenters. The van der Waals surface area contributed by atoms with Gasteiger partial charge in [-0.2, -0.15) is 0 Å². The van der Waals surface area contributed by atoms with Gasteiger partial charge in [0.15, 0.2) is 0 Å². The average molecular weight is 964 g/mol. The van der Waals surface area contributed by atoms with Gasteiger partial charge >= 0.3 is 7.12 Å². The minimum absolute atomic E-state index is 0.331. The lowest BCUT2D eigenvalue weighted by Crippen LogP contribution is -2.41. The molecular weight excluding hydrogens is 906 g/mol. The maximum absolute atomic E-state index is 6.08. The van der Waals surface area contributed by atoms with Crippen LogP contribution in [0.25, 0.3) is 55.8 Å². The summed E-state index contributed by atoms with van der Waals surface area (Å²) < 4.78 is 12.2. The smallest absolute Gasteiger partial charge is 0.399 e. The number of aryl methyl sites for hydroxylation is 4. The Kier molecular flexibility index (Phi) is 16.8. The van der Waals surface area contributed by atoms with Crippen molar-refractivity contribution in [2.45, 2.75) is 92.3 Å². The van der Waals surface area contributed by atoms with E-state index in [1.807, 2.05) is 73.1 Å². The second-order valence-electron chi connectivity index (χ2n) is 17.7. The molecule has 4 aromatic carbocycles. The van der Waals surface area contributed by atoms with E-state index in [-0.39, 0.29) is 18.3 Å². The summed E-state index contributed by atoms with van der Waals surface area (Å²) in [6.45, 7) is 16.8. The summed E-state index contributed by atoms with van der Waals surface area (Å²) in [5, 5.41) is 7.63. The predicted molar refractivity (Wildman–Crippen MR) is 287 cm³/mol. The van der Waals surface area contributed by atoms with E-state index >= 15 is 0 Å². The number of halogens is 2. The normalized spacial score (nSPS) is 13.8. The summed E-state index contributed by atoms with van der Waals surface area (Å²) in [5.41, 5.74) is 14.0. The van der Waals surface area contributed by atoms with Crippen molar-refractivity contribution < 1.29 is 9.31 Å². The minimum atomic E-state index is -0.338. The van der Waals surface area contributed by atoms with E-state index < -0.39 is 0 Å². The fraction of sp³-hybridized carbons (Fsp3) is 0.250. The first kappa shape index (κ1) is 49.6. The Morgan fingerprint density at radius 1 is 0.537 bits per heavy atom. The predicted octanol–water partition coefficient (Wildman–Crippen LogP) is 15.7. The first-order chi connectivity index (χ1) is 32.2. The van der Waals surface area contributed by atoms with Gasteiger partial charge in [0.05, 0.1) is 22.6 Å². The summed E-state index contributed by atoms with van der Waals surface area (Å²) >= 11 is 15.4. The van der Waals surface area contributed by atoms with Gasteiger partial charge in [0.2, 0.25) is 0 Å². The van der Waals surface area contributed by atoms with Gasteiger partial charge < -0.3 is 9.31 Å². The van der Waals surface area contributed by atoms with Crippen LogP contribution in [0.2, 0.25) is 10.0 Å². The molecule has 6 nitrogen and oxygen atoms in total. The lowest BCUT2D eigenvalue weighted by atomic mass is 9.79. The van der Waals surface area contributed by atoms with Crippen LogP contribution in [-0.2, 0) is 22.2 Å². The molecule has 0 N–H and O–H groups in total. The molecule has 1 aliphatic rings. The number of hydrogen-bond donors (Lipinski definition) is 0. The van der Waals surface area contributed by atoms with E-state index in [2.05, 4.69) is 137 Å². The lowest BCUT2D eigenvalue weighted by molar-refractivity contribution is 0.00578. The number of nitrogens with zero attached hydrogens (tertiary/aromatic N) is 4. The van der Waals surface area contributed by atoms with Crippen molar-refractivity contribution in [1.29, 1.82) is 0 Å². The monoisotopic (exact) mass is 962 g/mol. The summed E-state index contributed by atoms with van der Waals surface area (Å²) in [5.74, 6) is 0. The molecule has 1 saturated heterocycles. The van der Waals surface area contributed by atoms with Crippen LogP contribution >= 0.6 is 45.9 Å². The Morgan fingerprint density at radius 3 is 1.40 bits per heavy atom. The van der Waals surface area contributed by atoms with Crippen molar-refractivity contribution in [3.05, 3.63) is 182 Å². The van der Waals surface area contributed by atoms with Crippen LogP contribution < -0.4 is 5.46 Å². The second kappa shape index (κ2) is 22.7. The average Bonchev–Trinajstić information content (AvgIpc) is 4.06. The van der Waals surface area contributed by atoms with Gasteiger partial charge in [-0.05, 0) is 113 Å². The van der Waals surface area contributed by atoms with Crippen molar-refractivity contribution in [2.24, 2.45) is 0 Å². The Morgan fingerprint density at radius 2 is 0.970 bits per heavy atom. The molecule has 11 heteroatoms. The van der Waals surface area contributed by atoms with E-state index in [0.29, 0.717) is 10.0 Å². The van der Waals surface area contributed by atoms with Crippen molar-refractivity contribution >= 4 is 70.6 Å². The Balaban J connectivity index is 0.000000150. The van der Waals surface area contributed by atoms with E-state index in [1.54, 1.807) is 28.7 Å². The Bertz CT molecular complexity index is 2730. The number of aromatic nitrogens is 4. The van der Waals surface area contributed by atoms with Crippen LogP contribution in [0.5, 0.6) is 0 Å². The quantitative estimate of drug-likeness (QED) is 0.0950. The maximum atomic E-state index is 6.08. The molecule has 9 rings (SSSR count). The minimum Gasteiger partial charge on any atom is -0.399 e. The van der Waals surface area contributed by atoms with Gasteiger partial charge in [-0.3, -0.25) is 9.97 Å². The van der Waals surface area contributed by atoms with Gasteiger partial charge in [0.1, 0.15) is 10.0 Å². The van der Waals surface area contributed by atoms with Crippen LogP contribution in [-0.4, -0.2) is 38.3 Å². The molecule has 4 aromatic heterocycles. The zero-order valence-electron chi connectivity index (χ0n) is 39.5. The van der Waals surface area contributed by atoms with Crippen molar-refractivity contribution in [2.75, 3.05) is 0 Å². The first-order valence-corrected chi connectivity index (χ1v) is 25.3. The molecule has 0 unspecified atom stereocenters. The highest BCUT2D eigenvalue weighted by atomic mass is 35.5. The highest BCUT2D eigenvalue weighted by Crippen LogP contribution is 2.37. The number of thiazole rings is 2. The summed E-state index contributed by atoms with van der Waals surface area (Å²) in [6.07, 6.45) is 12.0. The number of hydrogen-bond acceptors (Lipinski definition) is 8. The molecule has 8 aromatic rings. The molecular formula is C56H57BCl2N4O2S2. The highest BCUT2D eigenvalue weighted by Gasteiger charge is 2.51. The zero-order chi connectivity index (χ0) is 47.6. The van der Waals surface area contributed by atoms with Gasteiger partial charge in [-0.15, -0.1) is 22.7 Å². The van der Waals surface area contributed by atoms with Crippen molar-refractivity contribution in [3.8, 4) is 43.7 Å². The Hall–Kier alpha value is -5.26. The van der Waals surface area contributed by atoms with E-state index in [4.69, 9.17) is 42.5 Å². The fourth-order valence-corrected chi connectivity index (χ4v) is 9.34. The fourth-order valence-electron chi connectivity index (χ4n) is 7.14. The molecule has 0 saturated carbocycles. The highest BCUT2D eigenvalue weighted by molar-refractivity contribution is 7.13. The van der Waals surface area contributed by atoms with Gasteiger partial charge in [0, 0.05) is 66.8 Å². The molecule has 0 aliphatic carbocycles. The maximum Gasteiger partial charge on any atom is 0.494 e. The van der Waals surface area contributed by atoms with Crippen molar-refractivity contribution in [3.63, 3.8) is 0 Å². The van der Waals surface area contributed by atoms with Crippen LogP contribution in [0.3, 0.4) is 0 Å². The molecule has 5 heterocycles. The molecule has 0 spiro atoms. The SMILES string of the molecule is CC1(C)OB(c2ccc(/C=C/c3cc(Cl)cc(Cl)c3)cc2)OC1(C)C.CCCc1cc(-c2nc(-c3ccc(C)cc3)cs2)ccn1.CCCc1cc(-c2nc(-c3ccc(C)cc3)cs2)ccn1. The third kappa shape index (κ3) is 13.5. The summed E-state index contributed by atoms with van der Waals surface area (Å²) in [6, 6.07) is 39.0. The topological polar surface area (TPSA) is 70.0 Å². The molecule has 342 valence electrons. The van der Waals surface area contributed by atoms with Crippen LogP contribution in [0.4, 0.5) is 0 Å². The Labute approximate surface area is 415 Å². The van der Waals surface area contributed by atoms with E-state index in [0.717, 1.165) is 86.2 Å². The van der Waals surface area contributed by atoms with E-state index in [9.17, 15) is 0 Å². The number of pyridine rings is 2. The summed E-state index contributed by atoms with van der Waals surface area (Å²) in [4.78, 5) is 18.4. The summed E-state index contributed by atoms with van der Waals surface area (Å²) in [7, 11) is -0.338. The molecule has 67 heavy (non-hydrogen) atoms. The van der Waals surface area contributed by atoms with Crippen LogP contribution in [0.15, 0.2) is 138 Å². The number of rotatable bonds is 11. The largest absolute Gasteiger partial charge is 0.494 e.